The van der Waals surface area contributed by atoms with Crippen molar-refractivity contribution in [3.63, 3.8) is 0 Å². The van der Waals surface area contributed by atoms with Crippen LogP contribution in [-0.2, 0) is 17.9 Å². The molecule has 2 aromatic heterocycles. The molecule has 0 saturated heterocycles. The highest BCUT2D eigenvalue weighted by atomic mass is 32.1. The van der Waals surface area contributed by atoms with Crippen molar-refractivity contribution in [3.05, 3.63) is 71.4 Å². The number of aromatic nitrogens is 2. The summed E-state index contributed by atoms with van der Waals surface area (Å²) >= 11 is 1.62. The SMILES string of the molecule is COc1cc(OC)cc(-c2c(-c3scc4c3OOCC4)ncn2Cc2ccccc2)c1. The maximum Gasteiger partial charge on any atom is 0.188 e. The number of methoxy groups -OCH3 is 2. The molecule has 3 heterocycles. The second-order valence-electron chi connectivity index (χ2n) is 7.23. The van der Waals surface area contributed by atoms with Crippen molar-refractivity contribution in [1.29, 1.82) is 0 Å². The Bertz CT molecular complexity index is 1180. The largest absolute Gasteiger partial charge is 0.497 e. The minimum atomic E-state index is 0.561. The Morgan fingerprint density at radius 2 is 1.84 bits per heavy atom. The molecule has 0 N–H and O–H groups in total. The van der Waals surface area contributed by atoms with Crippen LogP contribution >= 0.6 is 11.3 Å². The van der Waals surface area contributed by atoms with Gasteiger partial charge in [-0.15, -0.1) is 11.3 Å². The Morgan fingerprint density at radius 1 is 1.06 bits per heavy atom. The molecule has 0 spiro atoms. The Labute approximate surface area is 184 Å². The number of rotatable bonds is 6. The average Bonchev–Trinajstić information content (AvgIpc) is 3.43. The summed E-state index contributed by atoms with van der Waals surface area (Å²) < 4.78 is 13.2. The molecule has 0 radical (unpaired) electrons. The van der Waals surface area contributed by atoms with E-state index in [0.717, 1.165) is 51.1 Å². The van der Waals surface area contributed by atoms with Gasteiger partial charge in [0.25, 0.3) is 0 Å². The maximum atomic E-state index is 5.57. The molecule has 0 saturated carbocycles. The minimum Gasteiger partial charge on any atom is -0.497 e. The Hall–Kier alpha value is -3.29. The first-order chi connectivity index (χ1) is 15.3. The van der Waals surface area contributed by atoms with Gasteiger partial charge >= 0.3 is 0 Å². The van der Waals surface area contributed by atoms with E-state index in [9.17, 15) is 0 Å². The molecular formula is C24H22N2O4S. The molecule has 0 atom stereocenters. The van der Waals surface area contributed by atoms with E-state index in [1.165, 1.54) is 5.56 Å². The second kappa shape index (κ2) is 8.45. The van der Waals surface area contributed by atoms with E-state index in [4.69, 9.17) is 24.2 Å². The predicted octanol–water partition coefficient (Wildman–Crippen LogP) is 5.21. The third-order valence-electron chi connectivity index (χ3n) is 5.29. The Kier molecular flexibility index (Phi) is 5.36. The first-order valence-electron chi connectivity index (χ1n) is 9.99. The van der Waals surface area contributed by atoms with Crippen molar-refractivity contribution in [1.82, 2.24) is 9.55 Å². The zero-order valence-electron chi connectivity index (χ0n) is 17.3. The number of imidazole rings is 1. The highest BCUT2D eigenvalue weighted by Gasteiger charge is 2.25. The van der Waals surface area contributed by atoms with E-state index in [1.807, 2.05) is 42.7 Å². The first-order valence-corrected chi connectivity index (χ1v) is 10.9. The highest BCUT2D eigenvalue weighted by molar-refractivity contribution is 7.14. The lowest BCUT2D eigenvalue weighted by Crippen LogP contribution is -2.09. The molecule has 4 aromatic rings. The minimum absolute atomic E-state index is 0.561. The monoisotopic (exact) mass is 434 g/mol. The van der Waals surface area contributed by atoms with Gasteiger partial charge in [-0.3, -0.25) is 0 Å². The highest BCUT2D eigenvalue weighted by Crippen LogP contribution is 2.45. The third kappa shape index (κ3) is 3.78. The molecule has 7 heteroatoms. The zero-order chi connectivity index (χ0) is 21.2. The number of nitrogens with zero attached hydrogens (tertiary/aromatic N) is 2. The van der Waals surface area contributed by atoms with Gasteiger partial charge in [0.2, 0.25) is 0 Å². The van der Waals surface area contributed by atoms with Gasteiger partial charge in [0.15, 0.2) is 5.75 Å². The van der Waals surface area contributed by atoms with Crippen LogP contribution in [0.3, 0.4) is 0 Å². The van der Waals surface area contributed by atoms with Crippen LogP contribution in [0, 0.1) is 0 Å². The predicted molar refractivity (Wildman–Crippen MR) is 120 cm³/mol. The molecular weight excluding hydrogens is 412 g/mol. The van der Waals surface area contributed by atoms with Gasteiger partial charge in [-0.1, -0.05) is 30.3 Å². The van der Waals surface area contributed by atoms with Crippen molar-refractivity contribution in [2.45, 2.75) is 13.0 Å². The number of benzene rings is 2. The van der Waals surface area contributed by atoms with Crippen LogP contribution in [0.2, 0.25) is 0 Å². The molecule has 31 heavy (non-hydrogen) atoms. The molecule has 5 rings (SSSR count). The van der Waals surface area contributed by atoms with Crippen LogP contribution in [0.5, 0.6) is 17.2 Å². The molecule has 0 bridgehead atoms. The quantitative estimate of drug-likeness (QED) is 0.390. The summed E-state index contributed by atoms with van der Waals surface area (Å²) in [6.07, 6.45) is 2.71. The molecule has 158 valence electrons. The van der Waals surface area contributed by atoms with E-state index in [0.29, 0.717) is 13.2 Å². The van der Waals surface area contributed by atoms with Crippen LogP contribution in [-0.4, -0.2) is 30.4 Å². The Morgan fingerprint density at radius 3 is 2.58 bits per heavy atom. The topological polar surface area (TPSA) is 54.7 Å². The van der Waals surface area contributed by atoms with Gasteiger partial charge in [0.1, 0.15) is 22.1 Å². The molecule has 0 aliphatic carbocycles. The molecule has 6 nitrogen and oxygen atoms in total. The molecule has 2 aromatic carbocycles. The summed E-state index contributed by atoms with van der Waals surface area (Å²) in [6.45, 7) is 1.25. The van der Waals surface area contributed by atoms with Gasteiger partial charge < -0.3 is 18.9 Å². The van der Waals surface area contributed by atoms with E-state index >= 15 is 0 Å². The molecule has 0 amide bonds. The molecule has 0 unspecified atom stereocenters. The molecule has 0 fully saturated rings. The normalized spacial score (nSPS) is 12.8. The fraction of sp³-hybridized carbons (Fsp3) is 0.208. The fourth-order valence-electron chi connectivity index (χ4n) is 3.76. The lowest BCUT2D eigenvalue weighted by Gasteiger charge is -2.15. The number of fused-ring (bicyclic) bond motifs is 1. The summed E-state index contributed by atoms with van der Waals surface area (Å²) in [5.41, 5.74) is 5.12. The van der Waals surface area contributed by atoms with Crippen LogP contribution < -0.4 is 14.4 Å². The lowest BCUT2D eigenvalue weighted by molar-refractivity contribution is -0.214. The van der Waals surface area contributed by atoms with Crippen molar-refractivity contribution in [3.8, 4) is 39.1 Å². The average molecular weight is 435 g/mol. The van der Waals surface area contributed by atoms with Crippen molar-refractivity contribution < 1.29 is 19.2 Å². The standard InChI is InChI=1S/C24H22N2O4S/c1-27-19-10-18(11-20(12-19)28-2)22-21(24-23-17(14-31-24)8-9-29-30-23)25-15-26(22)13-16-6-4-3-5-7-16/h3-7,10-12,14-15H,8-9,13H2,1-2H3. The molecule has 1 aliphatic heterocycles. The summed E-state index contributed by atoms with van der Waals surface area (Å²) in [5.74, 6) is 2.21. The van der Waals surface area contributed by atoms with Crippen LogP contribution in [0.4, 0.5) is 0 Å². The number of thiophene rings is 1. The van der Waals surface area contributed by atoms with Crippen LogP contribution in [0.1, 0.15) is 11.1 Å². The molecule has 1 aliphatic rings. The van der Waals surface area contributed by atoms with Gasteiger partial charge in [-0.25, -0.2) is 4.98 Å². The fourth-order valence-corrected chi connectivity index (χ4v) is 4.78. The van der Waals surface area contributed by atoms with Gasteiger partial charge in [0.05, 0.1) is 32.8 Å². The summed E-state index contributed by atoms with van der Waals surface area (Å²) in [6, 6.07) is 16.2. The van der Waals surface area contributed by atoms with E-state index < -0.39 is 0 Å². The van der Waals surface area contributed by atoms with Crippen molar-refractivity contribution in [2.75, 3.05) is 20.8 Å². The summed E-state index contributed by atoms with van der Waals surface area (Å²) in [4.78, 5) is 16.6. The zero-order valence-corrected chi connectivity index (χ0v) is 18.1. The first kappa shape index (κ1) is 19.7. The number of ether oxygens (including phenoxy) is 2. The van der Waals surface area contributed by atoms with E-state index in [2.05, 4.69) is 22.1 Å². The number of hydrogen-bond acceptors (Lipinski definition) is 6. The van der Waals surface area contributed by atoms with E-state index in [1.54, 1.807) is 25.6 Å². The smallest absolute Gasteiger partial charge is 0.188 e. The van der Waals surface area contributed by atoms with E-state index in [-0.39, 0.29) is 0 Å². The van der Waals surface area contributed by atoms with Crippen LogP contribution in [0.25, 0.3) is 21.8 Å². The van der Waals surface area contributed by atoms with Gasteiger partial charge in [0, 0.05) is 30.2 Å². The summed E-state index contributed by atoms with van der Waals surface area (Å²) in [7, 11) is 3.31. The number of hydrogen-bond donors (Lipinski definition) is 0. The van der Waals surface area contributed by atoms with Gasteiger partial charge in [-0.05, 0) is 23.1 Å². The maximum absolute atomic E-state index is 5.57. The lowest BCUT2D eigenvalue weighted by atomic mass is 10.1. The Balaban J connectivity index is 1.69. The second-order valence-corrected chi connectivity index (χ2v) is 8.11. The summed E-state index contributed by atoms with van der Waals surface area (Å²) in [5, 5.41) is 2.12. The van der Waals surface area contributed by atoms with Crippen molar-refractivity contribution in [2.24, 2.45) is 0 Å². The third-order valence-corrected chi connectivity index (χ3v) is 6.30. The van der Waals surface area contributed by atoms with Crippen molar-refractivity contribution >= 4 is 11.3 Å². The van der Waals surface area contributed by atoms with Gasteiger partial charge in [-0.2, -0.15) is 4.89 Å². The van der Waals surface area contributed by atoms with Crippen LogP contribution in [0.15, 0.2) is 60.2 Å².